The van der Waals surface area contributed by atoms with Gasteiger partial charge in [0.05, 0.1) is 18.9 Å². The first-order chi connectivity index (χ1) is 13.0. The molecule has 1 heterocycles. The Labute approximate surface area is 159 Å². The molecule has 2 aromatic carbocycles. The summed E-state index contributed by atoms with van der Waals surface area (Å²) in [5.41, 5.74) is 8.27. The molecule has 0 saturated heterocycles. The Morgan fingerprint density at radius 1 is 1.07 bits per heavy atom. The minimum absolute atomic E-state index is 0.306. The van der Waals surface area contributed by atoms with Crippen LogP contribution in [0.15, 0.2) is 59.7 Å². The highest BCUT2D eigenvalue weighted by Gasteiger charge is 2.12. The van der Waals surface area contributed by atoms with Crippen molar-refractivity contribution < 1.29 is 9.53 Å². The van der Waals surface area contributed by atoms with Crippen LogP contribution in [-0.2, 0) is 0 Å². The Balaban J connectivity index is 1.79. The molecule has 3 aromatic rings. The number of benzene rings is 2. The number of carbonyl (C=O) groups is 1. The predicted molar refractivity (Wildman–Crippen MR) is 108 cm³/mol. The van der Waals surface area contributed by atoms with Crippen molar-refractivity contribution in [3.05, 3.63) is 82.7 Å². The Kier molecular flexibility index (Phi) is 5.41. The lowest BCUT2D eigenvalue weighted by molar-refractivity contribution is 0.0952. The Bertz CT molecular complexity index is 988. The van der Waals surface area contributed by atoms with Gasteiger partial charge in [-0.25, -0.2) is 5.43 Å². The number of hydrogen-bond donors (Lipinski definition) is 1. The molecule has 0 aliphatic heterocycles. The summed E-state index contributed by atoms with van der Waals surface area (Å²) in [6, 6.07) is 17.6. The van der Waals surface area contributed by atoms with Crippen LogP contribution in [0.5, 0.6) is 5.75 Å². The van der Waals surface area contributed by atoms with Gasteiger partial charge in [0, 0.05) is 22.6 Å². The van der Waals surface area contributed by atoms with Crippen LogP contribution in [0.3, 0.4) is 0 Å². The number of nitrogens with zero attached hydrogens (tertiary/aromatic N) is 2. The van der Waals surface area contributed by atoms with Gasteiger partial charge in [-0.05, 0) is 56.7 Å². The van der Waals surface area contributed by atoms with E-state index in [-0.39, 0.29) is 5.91 Å². The molecule has 1 N–H and O–H groups in total. The maximum absolute atomic E-state index is 12.4. The van der Waals surface area contributed by atoms with Gasteiger partial charge in [-0.15, -0.1) is 0 Å². The lowest BCUT2D eigenvalue weighted by Crippen LogP contribution is -2.18. The van der Waals surface area contributed by atoms with E-state index in [2.05, 4.69) is 27.2 Å². The number of nitrogens with one attached hydrogen (secondary N) is 1. The number of aromatic nitrogens is 1. The second-order valence-corrected chi connectivity index (χ2v) is 6.40. The van der Waals surface area contributed by atoms with Crippen LogP contribution in [-0.4, -0.2) is 23.8 Å². The van der Waals surface area contributed by atoms with Gasteiger partial charge in [-0.2, -0.15) is 5.10 Å². The first kappa shape index (κ1) is 18.5. The molecule has 0 saturated carbocycles. The van der Waals surface area contributed by atoms with Crippen molar-refractivity contribution in [3.63, 3.8) is 0 Å². The van der Waals surface area contributed by atoms with Crippen LogP contribution in [0.1, 0.15) is 32.9 Å². The van der Waals surface area contributed by atoms with E-state index in [1.807, 2.05) is 57.2 Å². The van der Waals surface area contributed by atoms with Crippen molar-refractivity contribution in [2.45, 2.75) is 20.8 Å². The van der Waals surface area contributed by atoms with Gasteiger partial charge >= 0.3 is 0 Å². The second-order valence-electron chi connectivity index (χ2n) is 6.40. The lowest BCUT2D eigenvalue weighted by Gasteiger charge is -2.09. The van der Waals surface area contributed by atoms with Crippen LogP contribution in [0.25, 0.3) is 5.69 Å². The summed E-state index contributed by atoms with van der Waals surface area (Å²) >= 11 is 0. The van der Waals surface area contributed by atoms with Gasteiger partial charge in [0.15, 0.2) is 0 Å². The minimum atomic E-state index is -0.306. The van der Waals surface area contributed by atoms with Crippen molar-refractivity contribution in [1.82, 2.24) is 9.99 Å². The number of ether oxygens (including phenoxy) is 1. The van der Waals surface area contributed by atoms with Crippen LogP contribution in [0.2, 0.25) is 0 Å². The van der Waals surface area contributed by atoms with Gasteiger partial charge in [-0.1, -0.05) is 24.3 Å². The number of para-hydroxylation sites is 1. The van der Waals surface area contributed by atoms with E-state index in [4.69, 9.17) is 4.74 Å². The van der Waals surface area contributed by atoms with Crippen molar-refractivity contribution in [2.24, 2.45) is 5.10 Å². The summed E-state index contributed by atoms with van der Waals surface area (Å²) in [6.45, 7) is 6.03. The summed E-state index contributed by atoms with van der Waals surface area (Å²) in [5, 5.41) is 4.13. The molecule has 138 valence electrons. The second kappa shape index (κ2) is 7.91. The maximum Gasteiger partial charge on any atom is 0.275 e. The van der Waals surface area contributed by atoms with Gasteiger partial charge in [0.25, 0.3) is 5.91 Å². The van der Waals surface area contributed by atoms with Crippen molar-refractivity contribution in [2.75, 3.05) is 7.11 Å². The zero-order valence-electron chi connectivity index (χ0n) is 16.0. The minimum Gasteiger partial charge on any atom is -0.496 e. The molecular weight excluding hydrogens is 338 g/mol. The number of hydrazone groups is 1. The molecule has 27 heavy (non-hydrogen) atoms. The largest absolute Gasteiger partial charge is 0.496 e. The molecule has 3 rings (SSSR count). The SMILES string of the molecule is COc1cc(C)ccc1C(=O)N/N=C\c1cc(C)n(-c2ccccc2)c1C. The summed E-state index contributed by atoms with van der Waals surface area (Å²) in [4.78, 5) is 12.4. The van der Waals surface area contributed by atoms with E-state index in [9.17, 15) is 4.79 Å². The average Bonchev–Trinajstić information content (AvgIpc) is 2.95. The molecule has 0 spiro atoms. The van der Waals surface area contributed by atoms with E-state index >= 15 is 0 Å². The molecule has 0 atom stereocenters. The molecule has 0 aliphatic rings. The highest BCUT2D eigenvalue weighted by Crippen LogP contribution is 2.21. The summed E-state index contributed by atoms with van der Waals surface area (Å²) in [7, 11) is 1.55. The van der Waals surface area contributed by atoms with Gasteiger partial charge in [0.2, 0.25) is 0 Å². The number of aryl methyl sites for hydroxylation is 2. The molecule has 0 fully saturated rings. The Morgan fingerprint density at radius 2 is 1.81 bits per heavy atom. The highest BCUT2D eigenvalue weighted by molar-refractivity contribution is 5.97. The first-order valence-electron chi connectivity index (χ1n) is 8.73. The third-order valence-corrected chi connectivity index (χ3v) is 4.46. The monoisotopic (exact) mass is 361 g/mol. The molecule has 5 heteroatoms. The fraction of sp³-hybridized carbons (Fsp3) is 0.182. The molecule has 0 unspecified atom stereocenters. The van der Waals surface area contributed by atoms with Crippen LogP contribution in [0.4, 0.5) is 0 Å². The van der Waals surface area contributed by atoms with E-state index in [1.54, 1.807) is 19.4 Å². The molecule has 5 nitrogen and oxygen atoms in total. The fourth-order valence-electron chi connectivity index (χ4n) is 3.10. The molecule has 1 aromatic heterocycles. The van der Waals surface area contributed by atoms with Crippen molar-refractivity contribution >= 4 is 12.1 Å². The average molecular weight is 361 g/mol. The fourth-order valence-corrected chi connectivity index (χ4v) is 3.10. The smallest absolute Gasteiger partial charge is 0.275 e. The molecule has 1 amide bonds. The van der Waals surface area contributed by atoms with Gasteiger partial charge < -0.3 is 9.30 Å². The third-order valence-electron chi connectivity index (χ3n) is 4.46. The zero-order chi connectivity index (χ0) is 19.4. The van der Waals surface area contributed by atoms with E-state index in [0.29, 0.717) is 11.3 Å². The quantitative estimate of drug-likeness (QED) is 0.548. The predicted octanol–water partition coefficient (Wildman–Crippen LogP) is 4.18. The molecule has 0 radical (unpaired) electrons. The molecular formula is C22H23N3O2. The number of amides is 1. The van der Waals surface area contributed by atoms with Gasteiger partial charge in [0.1, 0.15) is 5.75 Å². The Hall–Kier alpha value is -3.34. The summed E-state index contributed by atoms with van der Waals surface area (Å²) in [6.07, 6.45) is 1.67. The van der Waals surface area contributed by atoms with Crippen LogP contribution in [0, 0.1) is 20.8 Å². The van der Waals surface area contributed by atoms with Crippen molar-refractivity contribution in [1.29, 1.82) is 0 Å². The van der Waals surface area contributed by atoms with E-state index in [0.717, 1.165) is 28.2 Å². The molecule has 0 aliphatic carbocycles. The zero-order valence-corrected chi connectivity index (χ0v) is 16.0. The number of rotatable bonds is 5. The number of carbonyl (C=O) groups excluding carboxylic acids is 1. The van der Waals surface area contributed by atoms with Gasteiger partial charge in [-0.3, -0.25) is 4.79 Å². The number of methoxy groups -OCH3 is 1. The van der Waals surface area contributed by atoms with Crippen LogP contribution < -0.4 is 10.2 Å². The van der Waals surface area contributed by atoms with E-state index < -0.39 is 0 Å². The maximum atomic E-state index is 12.4. The standard InChI is InChI=1S/C22H23N3O2/c1-15-10-11-20(21(12-15)27-4)22(26)24-23-14-18-13-16(2)25(17(18)3)19-8-6-5-7-9-19/h5-14H,1-4H3,(H,24,26)/b23-14-. The summed E-state index contributed by atoms with van der Waals surface area (Å²) in [5.74, 6) is 0.227. The van der Waals surface area contributed by atoms with Crippen molar-refractivity contribution in [3.8, 4) is 11.4 Å². The summed E-state index contributed by atoms with van der Waals surface area (Å²) < 4.78 is 7.44. The Morgan fingerprint density at radius 3 is 2.52 bits per heavy atom. The third kappa shape index (κ3) is 3.92. The molecule has 0 bridgehead atoms. The van der Waals surface area contributed by atoms with E-state index in [1.165, 1.54) is 0 Å². The lowest BCUT2D eigenvalue weighted by atomic mass is 10.1. The topological polar surface area (TPSA) is 55.6 Å². The normalized spacial score (nSPS) is 11.0. The first-order valence-corrected chi connectivity index (χ1v) is 8.73. The van der Waals surface area contributed by atoms with Crippen LogP contribution >= 0.6 is 0 Å². The number of hydrogen-bond acceptors (Lipinski definition) is 3. The highest BCUT2D eigenvalue weighted by atomic mass is 16.5.